The molecular weight excluding hydrogens is 212 g/mol. The molecule has 0 spiro atoms. The Kier molecular flexibility index (Phi) is 6.78. The molecule has 0 radical (unpaired) electrons. The van der Waals surface area contributed by atoms with E-state index in [1.807, 2.05) is 39.0 Å². The Balaban J connectivity index is 0.000000561. The van der Waals surface area contributed by atoms with Gasteiger partial charge in [-0.2, -0.15) is 0 Å². The lowest BCUT2D eigenvalue weighted by molar-refractivity contribution is 1.50. The molecule has 66 valence electrons. The molecule has 0 N–H and O–H groups in total. The van der Waals surface area contributed by atoms with Crippen molar-refractivity contribution in [2.24, 2.45) is 0 Å². The highest BCUT2D eigenvalue weighted by Gasteiger charge is 1.84. The summed E-state index contributed by atoms with van der Waals surface area (Å²) in [7, 11) is 0. The van der Waals surface area contributed by atoms with E-state index in [0.29, 0.717) is 0 Å². The number of rotatable bonds is 1. The fraction of sp³-hybridized carbons (Fsp3) is 0.273. The van der Waals surface area contributed by atoms with E-state index in [2.05, 4.69) is 34.1 Å². The zero-order valence-electron chi connectivity index (χ0n) is 7.84. The van der Waals surface area contributed by atoms with Crippen molar-refractivity contribution in [2.75, 3.05) is 0 Å². The molecule has 0 amide bonds. The fourth-order valence-corrected chi connectivity index (χ4v) is 1.03. The molecule has 0 atom stereocenters. The molecule has 0 aliphatic carbocycles. The molecule has 0 saturated heterocycles. The van der Waals surface area contributed by atoms with Crippen LogP contribution in [0.4, 0.5) is 0 Å². The molecule has 0 aliphatic heterocycles. The number of hydrogen-bond donors (Lipinski definition) is 0. The highest BCUT2D eigenvalue weighted by atomic mass is 79.9. The van der Waals surface area contributed by atoms with Gasteiger partial charge in [0.1, 0.15) is 0 Å². The van der Waals surface area contributed by atoms with Gasteiger partial charge >= 0.3 is 0 Å². The van der Waals surface area contributed by atoms with Crippen LogP contribution in [0, 0.1) is 0 Å². The van der Waals surface area contributed by atoms with Crippen LogP contribution in [0.2, 0.25) is 0 Å². The van der Waals surface area contributed by atoms with Crippen LogP contribution >= 0.6 is 15.9 Å². The van der Waals surface area contributed by atoms with Crippen molar-refractivity contribution in [3.63, 3.8) is 0 Å². The Morgan fingerprint density at radius 1 is 1.08 bits per heavy atom. The molecule has 0 heterocycles. The minimum atomic E-state index is 1.13. The summed E-state index contributed by atoms with van der Waals surface area (Å²) in [5.74, 6) is 0. The van der Waals surface area contributed by atoms with Crippen molar-refractivity contribution in [2.45, 2.75) is 20.8 Å². The minimum Gasteiger partial charge on any atom is -0.0871 e. The highest BCUT2D eigenvalue weighted by molar-refractivity contribution is 9.10. The lowest BCUT2D eigenvalue weighted by Gasteiger charge is -1.91. The first-order valence-electron chi connectivity index (χ1n) is 4.21. The van der Waals surface area contributed by atoms with Gasteiger partial charge in [-0.15, -0.1) is 0 Å². The van der Waals surface area contributed by atoms with Crippen LogP contribution < -0.4 is 0 Å². The number of benzene rings is 1. The number of allylic oxidation sites excluding steroid dienone is 1. The van der Waals surface area contributed by atoms with Crippen LogP contribution in [0.1, 0.15) is 26.3 Å². The molecule has 1 aromatic rings. The zero-order chi connectivity index (χ0) is 9.40. The average Bonchev–Trinajstić information content (AvgIpc) is 2.13. The third kappa shape index (κ3) is 4.35. The lowest BCUT2D eigenvalue weighted by Crippen LogP contribution is -1.68. The molecule has 1 aromatic carbocycles. The fourth-order valence-electron chi connectivity index (χ4n) is 0.766. The van der Waals surface area contributed by atoms with Gasteiger partial charge in [0.25, 0.3) is 0 Å². The quantitative estimate of drug-likeness (QED) is 0.662. The largest absolute Gasteiger partial charge is 0.0871 e. The maximum absolute atomic E-state index is 3.37. The van der Waals surface area contributed by atoms with Gasteiger partial charge in [-0.1, -0.05) is 54.1 Å². The van der Waals surface area contributed by atoms with Crippen molar-refractivity contribution < 1.29 is 0 Å². The standard InChI is InChI=1S/C9H9Br.C2H6/c1-2-3-8-4-6-9(10)7-5-8;1-2/h2-7H,1H3;1-2H3/b3-2+;. The second-order valence-electron chi connectivity index (χ2n) is 2.05. The summed E-state index contributed by atoms with van der Waals surface area (Å²) in [6, 6.07) is 8.22. The molecule has 0 nitrogen and oxygen atoms in total. The molecule has 0 unspecified atom stereocenters. The van der Waals surface area contributed by atoms with Crippen LogP contribution in [0.25, 0.3) is 6.08 Å². The van der Waals surface area contributed by atoms with E-state index >= 15 is 0 Å². The molecule has 0 aliphatic rings. The summed E-state index contributed by atoms with van der Waals surface area (Å²) in [6.45, 7) is 6.02. The number of halogens is 1. The predicted molar refractivity (Wildman–Crippen MR) is 60.2 cm³/mol. The third-order valence-corrected chi connectivity index (χ3v) is 1.76. The van der Waals surface area contributed by atoms with Gasteiger partial charge in [-0.3, -0.25) is 0 Å². The Labute approximate surface area is 83.4 Å². The summed E-state index contributed by atoms with van der Waals surface area (Å²) < 4.78 is 1.13. The third-order valence-electron chi connectivity index (χ3n) is 1.23. The second-order valence-corrected chi connectivity index (χ2v) is 2.97. The van der Waals surface area contributed by atoms with E-state index in [1.165, 1.54) is 5.56 Å². The first-order valence-corrected chi connectivity index (χ1v) is 5.00. The monoisotopic (exact) mass is 226 g/mol. The second kappa shape index (κ2) is 7.11. The number of hydrogen-bond acceptors (Lipinski definition) is 0. The lowest BCUT2D eigenvalue weighted by atomic mass is 10.2. The summed E-state index contributed by atoms with van der Waals surface area (Å²) in [5, 5.41) is 0. The first-order chi connectivity index (χ1) is 5.83. The smallest absolute Gasteiger partial charge is 0.0175 e. The zero-order valence-corrected chi connectivity index (χ0v) is 9.43. The van der Waals surface area contributed by atoms with Crippen molar-refractivity contribution in [1.29, 1.82) is 0 Å². The highest BCUT2D eigenvalue weighted by Crippen LogP contribution is 2.11. The Bertz CT molecular complexity index is 221. The van der Waals surface area contributed by atoms with Crippen molar-refractivity contribution in [3.8, 4) is 0 Å². The Morgan fingerprint density at radius 3 is 2.00 bits per heavy atom. The van der Waals surface area contributed by atoms with Crippen LogP contribution in [-0.4, -0.2) is 0 Å². The van der Waals surface area contributed by atoms with Gasteiger partial charge < -0.3 is 0 Å². The molecule has 1 heteroatoms. The van der Waals surface area contributed by atoms with E-state index in [9.17, 15) is 0 Å². The van der Waals surface area contributed by atoms with Crippen LogP contribution in [-0.2, 0) is 0 Å². The topological polar surface area (TPSA) is 0 Å². The molecule has 12 heavy (non-hydrogen) atoms. The molecule has 0 aromatic heterocycles. The molecule has 0 saturated carbocycles. The Morgan fingerprint density at radius 2 is 1.58 bits per heavy atom. The molecule has 1 rings (SSSR count). The maximum Gasteiger partial charge on any atom is 0.0175 e. The minimum absolute atomic E-state index is 1.13. The van der Waals surface area contributed by atoms with E-state index in [4.69, 9.17) is 0 Å². The molecule has 0 bridgehead atoms. The van der Waals surface area contributed by atoms with Gasteiger partial charge in [0.05, 0.1) is 0 Å². The summed E-state index contributed by atoms with van der Waals surface area (Å²) >= 11 is 3.37. The van der Waals surface area contributed by atoms with Gasteiger partial charge in [0, 0.05) is 4.47 Å². The van der Waals surface area contributed by atoms with E-state index in [0.717, 1.165) is 4.47 Å². The van der Waals surface area contributed by atoms with E-state index in [1.54, 1.807) is 0 Å². The maximum atomic E-state index is 3.37. The summed E-state index contributed by atoms with van der Waals surface area (Å²) in [6.07, 6.45) is 4.11. The van der Waals surface area contributed by atoms with Crippen LogP contribution in [0.5, 0.6) is 0 Å². The van der Waals surface area contributed by atoms with Crippen molar-refractivity contribution in [1.82, 2.24) is 0 Å². The van der Waals surface area contributed by atoms with E-state index in [-0.39, 0.29) is 0 Å². The summed E-state index contributed by atoms with van der Waals surface area (Å²) in [4.78, 5) is 0. The predicted octanol–water partition coefficient (Wildman–Crippen LogP) is 4.51. The SMILES string of the molecule is C/C=C/c1ccc(Br)cc1.CC. The average molecular weight is 227 g/mol. The van der Waals surface area contributed by atoms with Crippen molar-refractivity contribution in [3.05, 3.63) is 40.4 Å². The van der Waals surface area contributed by atoms with Crippen LogP contribution in [0.15, 0.2) is 34.8 Å². The normalized spacial score (nSPS) is 9.33. The first kappa shape index (κ1) is 11.4. The Hall–Kier alpha value is -0.560. The van der Waals surface area contributed by atoms with E-state index < -0.39 is 0 Å². The molecule has 0 fully saturated rings. The molecular formula is C11H15Br. The van der Waals surface area contributed by atoms with Gasteiger partial charge in [-0.25, -0.2) is 0 Å². The van der Waals surface area contributed by atoms with Gasteiger partial charge in [0.15, 0.2) is 0 Å². The van der Waals surface area contributed by atoms with Crippen molar-refractivity contribution >= 4 is 22.0 Å². The van der Waals surface area contributed by atoms with Crippen LogP contribution in [0.3, 0.4) is 0 Å². The summed E-state index contributed by atoms with van der Waals surface area (Å²) in [5.41, 5.74) is 1.24. The van der Waals surface area contributed by atoms with Gasteiger partial charge in [0.2, 0.25) is 0 Å². The van der Waals surface area contributed by atoms with Gasteiger partial charge in [-0.05, 0) is 24.6 Å².